The number of nitrogens with zero attached hydrogens (tertiary/aromatic N) is 3. The van der Waals surface area contributed by atoms with Crippen molar-refractivity contribution in [2.24, 2.45) is 5.73 Å². The molecule has 2 heterocycles. The van der Waals surface area contributed by atoms with Crippen molar-refractivity contribution in [3.8, 4) is 0 Å². The van der Waals surface area contributed by atoms with Gasteiger partial charge in [-0.2, -0.15) is 0 Å². The van der Waals surface area contributed by atoms with Gasteiger partial charge in [0.25, 0.3) is 0 Å². The average molecular weight is 270 g/mol. The molecule has 20 heavy (non-hydrogen) atoms. The zero-order valence-corrected chi connectivity index (χ0v) is 11.0. The Morgan fingerprint density at radius 3 is 2.70 bits per heavy atom. The van der Waals surface area contributed by atoms with Crippen LogP contribution < -0.4 is 5.73 Å². The summed E-state index contributed by atoms with van der Waals surface area (Å²) in [5, 5.41) is 0. The summed E-state index contributed by atoms with van der Waals surface area (Å²) in [6.45, 7) is 1.10. The van der Waals surface area contributed by atoms with Crippen molar-refractivity contribution in [3.05, 3.63) is 59.8 Å². The van der Waals surface area contributed by atoms with Gasteiger partial charge in [-0.1, -0.05) is 12.1 Å². The maximum absolute atomic E-state index is 12.9. The van der Waals surface area contributed by atoms with E-state index < -0.39 is 0 Å². The molecule has 0 saturated carbocycles. The molecule has 0 atom stereocenters. The molecule has 0 radical (unpaired) electrons. The van der Waals surface area contributed by atoms with Gasteiger partial charge in [0.1, 0.15) is 17.2 Å². The van der Waals surface area contributed by atoms with Gasteiger partial charge in [0.05, 0.1) is 6.54 Å². The van der Waals surface area contributed by atoms with Crippen molar-refractivity contribution >= 4 is 11.2 Å². The van der Waals surface area contributed by atoms with Crippen molar-refractivity contribution in [3.63, 3.8) is 0 Å². The standard InChI is InChI=1S/C15H15FN4/c16-12-5-3-11(4-6-12)7-9-20-14(10-17)19-13-2-1-8-18-15(13)20/h1-6,8H,7,9-10,17H2. The fourth-order valence-electron chi connectivity index (χ4n) is 2.29. The number of benzene rings is 1. The Morgan fingerprint density at radius 1 is 1.15 bits per heavy atom. The number of pyridine rings is 1. The maximum Gasteiger partial charge on any atom is 0.160 e. The van der Waals surface area contributed by atoms with Crippen LogP contribution in [0.2, 0.25) is 0 Å². The first-order valence-electron chi connectivity index (χ1n) is 6.52. The first kappa shape index (κ1) is 12.7. The lowest BCUT2D eigenvalue weighted by Gasteiger charge is -2.07. The van der Waals surface area contributed by atoms with Gasteiger partial charge in [-0.25, -0.2) is 14.4 Å². The van der Waals surface area contributed by atoms with Crippen LogP contribution in [0.3, 0.4) is 0 Å². The van der Waals surface area contributed by atoms with Crippen molar-refractivity contribution in [2.45, 2.75) is 19.5 Å². The minimum atomic E-state index is -0.217. The summed E-state index contributed by atoms with van der Waals surface area (Å²) in [5.41, 5.74) is 8.52. The van der Waals surface area contributed by atoms with Crippen LogP contribution in [-0.4, -0.2) is 14.5 Å². The molecule has 3 rings (SSSR count). The molecule has 5 heteroatoms. The highest BCUT2D eigenvalue weighted by Gasteiger charge is 2.09. The molecule has 0 spiro atoms. The van der Waals surface area contributed by atoms with E-state index in [9.17, 15) is 4.39 Å². The minimum absolute atomic E-state index is 0.217. The second-order valence-electron chi connectivity index (χ2n) is 4.61. The summed E-state index contributed by atoms with van der Waals surface area (Å²) in [6, 6.07) is 10.3. The van der Waals surface area contributed by atoms with E-state index >= 15 is 0 Å². The Hall–Kier alpha value is -2.27. The largest absolute Gasteiger partial charge is 0.324 e. The predicted molar refractivity (Wildman–Crippen MR) is 75.5 cm³/mol. The van der Waals surface area contributed by atoms with E-state index in [4.69, 9.17) is 5.73 Å². The summed E-state index contributed by atoms with van der Waals surface area (Å²) in [6.07, 6.45) is 2.54. The molecule has 0 aliphatic heterocycles. The van der Waals surface area contributed by atoms with Crippen LogP contribution in [-0.2, 0) is 19.5 Å². The number of aryl methyl sites for hydroxylation is 2. The Kier molecular flexibility index (Phi) is 3.43. The molecule has 102 valence electrons. The van der Waals surface area contributed by atoms with Gasteiger partial charge < -0.3 is 10.3 Å². The van der Waals surface area contributed by atoms with Gasteiger partial charge >= 0.3 is 0 Å². The van der Waals surface area contributed by atoms with E-state index in [2.05, 4.69) is 9.97 Å². The molecule has 0 unspecified atom stereocenters. The number of imidazole rings is 1. The molecule has 4 nitrogen and oxygen atoms in total. The minimum Gasteiger partial charge on any atom is -0.324 e. The highest BCUT2D eigenvalue weighted by molar-refractivity contribution is 5.71. The SMILES string of the molecule is NCc1nc2cccnc2n1CCc1ccc(F)cc1. The van der Waals surface area contributed by atoms with Crippen molar-refractivity contribution in [1.82, 2.24) is 14.5 Å². The van der Waals surface area contributed by atoms with Crippen LogP contribution >= 0.6 is 0 Å². The van der Waals surface area contributed by atoms with Gasteiger partial charge in [-0.15, -0.1) is 0 Å². The van der Waals surface area contributed by atoms with Gasteiger partial charge in [-0.3, -0.25) is 0 Å². The van der Waals surface area contributed by atoms with Crippen LogP contribution in [0.5, 0.6) is 0 Å². The first-order valence-corrected chi connectivity index (χ1v) is 6.52. The second kappa shape index (κ2) is 5.38. The number of hydrogen-bond acceptors (Lipinski definition) is 3. The lowest BCUT2D eigenvalue weighted by atomic mass is 10.1. The number of halogens is 1. The predicted octanol–water partition coefficient (Wildman–Crippen LogP) is 2.27. The zero-order chi connectivity index (χ0) is 13.9. The Bertz CT molecular complexity index is 718. The molecular weight excluding hydrogens is 255 g/mol. The van der Waals surface area contributed by atoms with Gasteiger partial charge in [0.15, 0.2) is 5.65 Å². The van der Waals surface area contributed by atoms with Crippen molar-refractivity contribution in [2.75, 3.05) is 0 Å². The normalized spacial score (nSPS) is 11.1. The second-order valence-corrected chi connectivity index (χ2v) is 4.61. The number of nitrogens with two attached hydrogens (primary N) is 1. The third kappa shape index (κ3) is 2.40. The molecule has 0 saturated heterocycles. The Balaban J connectivity index is 1.88. The van der Waals surface area contributed by atoms with Gasteiger partial charge in [0.2, 0.25) is 0 Å². The third-order valence-corrected chi connectivity index (χ3v) is 3.30. The molecular formula is C15H15FN4. The summed E-state index contributed by atoms with van der Waals surface area (Å²) in [7, 11) is 0. The zero-order valence-electron chi connectivity index (χ0n) is 11.0. The van der Waals surface area contributed by atoms with E-state index in [0.717, 1.165) is 35.5 Å². The number of fused-ring (bicyclic) bond motifs is 1. The maximum atomic E-state index is 12.9. The fraction of sp³-hybridized carbons (Fsp3) is 0.200. The Morgan fingerprint density at radius 2 is 1.95 bits per heavy atom. The highest BCUT2D eigenvalue weighted by Crippen LogP contribution is 2.14. The first-order chi connectivity index (χ1) is 9.78. The quantitative estimate of drug-likeness (QED) is 0.791. The van der Waals surface area contributed by atoms with E-state index in [1.807, 2.05) is 16.7 Å². The van der Waals surface area contributed by atoms with E-state index in [0.29, 0.717) is 6.54 Å². The molecule has 0 bridgehead atoms. The van der Waals surface area contributed by atoms with Crippen molar-refractivity contribution < 1.29 is 4.39 Å². The van der Waals surface area contributed by atoms with E-state index in [1.54, 1.807) is 18.3 Å². The monoisotopic (exact) mass is 270 g/mol. The number of aromatic nitrogens is 3. The molecule has 0 aliphatic carbocycles. The average Bonchev–Trinajstić information content (AvgIpc) is 2.84. The molecule has 1 aromatic carbocycles. The van der Waals surface area contributed by atoms with Crippen LogP contribution in [0.25, 0.3) is 11.2 Å². The van der Waals surface area contributed by atoms with Crippen LogP contribution in [0.1, 0.15) is 11.4 Å². The van der Waals surface area contributed by atoms with E-state index in [-0.39, 0.29) is 5.82 Å². The smallest absolute Gasteiger partial charge is 0.160 e. The molecule has 3 aromatic rings. The topological polar surface area (TPSA) is 56.7 Å². The van der Waals surface area contributed by atoms with Crippen LogP contribution in [0.15, 0.2) is 42.6 Å². The highest BCUT2D eigenvalue weighted by atomic mass is 19.1. The van der Waals surface area contributed by atoms with Gasteiger partial charge in [0, 0.05) is 12.7 Å². The third-order valence-electron chi connectivity index (χ3n) is 3.30. The van der Waals surface area contributed by atoms with E-state index in [1.165, 1.54) is 12.1 Å². The summed E-state index contributed by atoms with van der Waals surface area (Å²) >= 11 is 0. The fourth-order valence-corrected chi connectivity index (χ4v) is 2.29. The molecule has 2 aromatic heterocycles. The lowest BCUT2D eigenvalue weighted by molar-refractivity contribution is 0.624. The van der Waals surface area contributed by atoms with Gasteiger partial charge in [-0.05, 0) is 36.2 Å². The molecule has 0 amide bonds. The molecule has 0 fully saturated rings. The summed E-state index contributed by atoms with van der Waals surface area (Å²) < 4.78 is 14.9. The Labute approximate surface area is 116 Å². The lowest BCUT2D eigenvalue weighted by Crippen LogP contribution is -2.10. The summed E-state index contributed by atoms with van der Waals surface area (Å²) in [4.78, 5) is 8.83. The molecule has 2 N–H and O–H groups in total. The summed E-state index contributed by atoms with van der Waals surface area (Å²) in [5.74, 6) is 0.604. The molecule has 0 aliphatic rings. The van der Waals surface area contributed by atoms with Crippen molar-refractivity contribution in [1.29, 1.82) is 0 Å². The number of hydrogen-bond donors (Lipinski definition) is 1. The van der Waals surface area contributed by atoms with Crippen LogP contribution in [0, 0.1) is 5.82 Å². The van der Waals surface area contributed by atoms with Crippen LogP contribution in [0.4, 0.5) is 4.39 Å². The number of rotatable bonds is 4.